The lowest BCUT2D eigenvalue weighted by atomic mass is 9.99. The van der Waals surface area contributed by atoms with Gasteiger partial charge < -0.3 is 16.4 Å². The van der Waals surface area contributed by atoms with Crippen molar-refractivity contribution in [1.29, 1.82) is 0 Å². The van der Waals surface area contributed by atoms with Crippen molar-refractivity contribution in [3.63, 3.8) is 0 Å². The van der Waals surface area contributed by atoms with Crippen molar-refractivity contribution in [2.75, 3.05) is 11.5 Å². The molecule has 0 saturated carbocycles. The van der Waals surface area contributed by atoms with Crippen molar-refractivity contribution < 1.29 is 0 Å². The first kappa shape index (κ1) is 16.7. The summed E-state index contributed by atoms with van der Waals surface area (Å²) in [4.78, 5) is 19.6. The Morgan fingerprint density at radius 2 is 2.04 bits per heavy atom. The normalized spacial score (nSPS) is 20.8. The molecule has 5 rings (SSSR count). The van der Waals surface area contributed by atoms with Crippen LogP contribution in [0, 0.1) is 0 Å². The van der Waals surface area contributed by atoms with Crippen LogP contribution in [0.3, 0.4) is 0 Å². The van der Waals surface area contributed by atoms with Crippen LogP contribution in [0.1, 0.15) is 25.0 Å². The van der Waals surface area contributed by atoms with Crippen molar-refractivity contribution in [3.05, 3.63) is 71.3 Å². The largest absolute Gasteiger partial charge is 0.382 e. The lowest BCUT2D eigenvalue weighted by molar-refractivity contribution is 0.316. The van der Waals surface area contributed by atoms with Crippen LogP contribution in [0.2, 0.25) is 0 Å². The molecular weight excluding hydrogens is 350 g/mol. The van der Waals surface area contributed by atoms with Crippen LogP contribution in [0.15, 0.2) is 65.6 Å². The Bertz CT molecular complexity index is 1110. The van der Waals surface area contributed by atoms with E-state index in [0.717, 1.165) is 25.0 Å². The SMILES string of the molecule is Nc1nc(N)c2nc(CN3C4=C(CC=C5C=CC=CC53)CCC=C4)cnc2n1. The molecule has 4 N–H and O–H groups in total. The Hall–Kier alpha value is -3.48. The Morgan fingerprint density at radius 1 is 1.11 bits per heavy atom. The molecule has 0 aromatic carbocycles. The smallest absolute Gasteiger partial charge is 0.224 e. The lowest BCUT2D eigenvalue weighted by Crippen LogP contribution is -2.34. The number of allylic oxidation sites excluding steroid dienone is 6. The zero-order valence-corrected chi connectivity index (χ0v) is 15.4. The number of rotatable bonds is 2. The predicted molar refractivity (Wildman–Crippen MR) is 110 cm³/mol. The van der Waals surface area contributed by atoms with Gasteiger partial charge in [0.2, 0.25) is 5.95 Å². The molecule has 1 aliphatic heterocycles. The van der Waals surface area contributed by atoms with Gasteiger partial charge in [-0.3, -0.25) is 0 Å². The summed E-state index contributed by atoms with van der Waals surface area (Å²) in [5.41, 5.74) is 17.5. The highest BCUT2D eigenvalue weighted by molar-refractivity contribution is 5.81. The molecular formula is C21H21N7. The molecule has 0 fully saturated rings. The summed E-state index contributed by atoms with van der Waals surface area (Å²) in [6, 6.07) is 0.178. The van der Waals surface area contributed by atoms with Crippen LogP contribution in [0.4, 0.5) is 11.8 Å². The summed E-state index contributed by atoms with van der Waals surface area (Å²) in [6.07, 6.45) is 20.4. The average Bonchev–Trinajstić information content (AvgIpc) is 2.86. The van der Waals surface area contributed by atoms with Crippen LogP contribution in [0.25, 0.3) is 11.2 Å². The topological polar surface area (TPSA) is 107 Å². The average molecular weight is 371 g/mol. The molecule has 1 unspecified atom stereocenters. The third-order valence-electron chi connectivity index (χ3n) is 5.35. The van der Waals surface area contributed by atoms with Crippen LogP contribution >= 0.6 is 0 Å². The molecule has 1 atom stereocenters. The van der Waals surface area contributed by atoms with Crippen molar-refractivity contribution in [3.8, 4) is 0 Å². The van der Waals surface area contributed by atoms with E-state index < -0.39 is 0 Å². The second-order valence-corrected chi connectivity index (χ2v) is 7.16. The summed E-state index contributed by atoms with van der Waals surface area (Å²) in [7, 11) is 0. The Balaban J connectivity index is 1.57. The minimum absolute atomic E-state index is 0.107. The van der Waals surface area contributed by atoms with Crippen molar-refractivity contribution >= 4 is 22.9 Å². The third kappa shape index (κ3) is 2.85. The monoisotopic (exact) mass is 371 g/mol. The van der Waals surface area contributed by atoms with Gasteiger partial charge in [-0.25, -0.2) is 9.97 Å². The molecule has 2 aromatic rings. The number of nitrogens with two attached hydrogens (primary N) is 2. The third-order valence-corrected chi connectivity index (χ3v) is 5.35. The Kier molecular flexibility index (Phi) is 3.93. The minimum Gasteiger partial charge on any atom is -0.382 e. The van der Waals surface area contributed by atoms with Gasteiger partial charge in [0.1, 0.15) is 0 Å². The number of aromatic nitrogens is 4. The Morgan fingerprint density at radius 3 is 2.96 bits per heavy atom. The maximum atomic E-state index is 6.00. The molecule has 3 aliphatic rings. The fourth-order valence-electron chi connectivity index (χ4n) is 4.03. The molecule has 0 saturated heterocycles. The van der Waals surface area contributed by atoms with E-state index in [4.69, 9.17) is 16.5 Å². The molecule has 7 heteroatoms. The number of hydrogen-bond donors (Lipinski definition) is 2. The van der Waals surface area contributed by atoms with E-state index >= 15 is 0 Å². The van der Waals surface area contributed by atoms with Gasteiger partial charge in [-0.05, 0) is 36.5 Å². The van der Waals surface area contributed by atoms with Crippen molar-refractivity contribution in [1.82, 2.24) is 24.8 Å². The summed E-state index contributed by atoms with van der Waals surface area (Å²) in [6.45, 7) is 0.621. The standard InChI is InChI=1S/C21H21N7/c22-19-18-20(27-21(23)26-19)24-11-15(25-18)12-28-16-7-3-1-5-13(16)9-10-14-6-2-4-8-17(14)28/h1,3-5,7-9,11,16H,2,6,10,12H2,(H4,22,23,24,26,27). The van der Waals surface area contributed by atoms with E-state index in [1.54, 1.807) is 6.20 Å². The molecule has 2 aliphatic carbocycles. The summed E-state index contributed by atoms with van der Waals surface area (Å²) >= 11 is 0. The van der Waals surface area contributed by atoms with Crippen molar-refractivity contribution in [2.24, 2.45) is 0 Å². The maximum absolute atomic E-state index is 6.00. The molecule has 140 valence electrons. The van der Waals surface area contributed by atoms with Gasteiger partial charge in [0.25, 0.3) is 0 Å². The Labute approximate surface area is 162 Å². The van der Waals surface area contributed by atoms with Gasteiger partial charge in [-0.1, -0.05) is 36.5 Å². The fraction of sp³-hybridized carbons (Fsp3) is 0.238. The van der Waals surface area contributed by atoms with E-state index in [-0.39, 0.29) is 17.8 Å². The van der Waals surface area contributed by atoms with Crippen LogP contribution in [-0.4, -0.2) is 30.9 Å². The zero-order valence-electron chi connectivity index (χ0n) is 15.4. The summed E-state index contributed by atoms with van der Waals surface area (Å²) in [5.74, 6) is 0.363. The number of hydrogen-bond acceptors (Lipinski definition) is 7. The highest BCUT2D eigenvalue weighted by Crippen LogP contribution is 2.35. The van der Waals surface area contributed by atoms with Gasteiger partial charge in [-0.15, -0.1) is 0 Å². The van der Waals surface area contributed by atoms with Crippen LogP contribution in [0.5, 0.6) is 0 Å². The number of fused-ring (bicyclic) bond motifs is 2. The second kappa shape index (κ2) is 6.60. The van der Waals surface area contributed by atoms with Gasteiger partial charge in [0, 0.05) is 5.70 Å². The first-order chi connectivity index (χ1) is 13.7. The number of nitrogen functional groups attached to an aromatic ring is 2. The van der Waals surface area contributed by atoms with Gasteiger partial charge in [0.15, 0.2) is 17.0 Å². The van der Waals surface area contributed by atoms with E-state index in [9.17, 15) is 0 Å². The molecule has 2 aromatic heterocycles. The fourth-order valence-corrected chi connectivity index (χ4v) is 4.03. The number of nitrogens with zero attached hydrogens (tertiary/aromatic N) is 5. The van der Waals surface area contributed by atoms with Gasteiger partial charge in [-0.2, -0.15) is 9.97 Å². The predicted octanol–water partition coefficient (Wildman–Crippen LogP) is 2.82. The van der Waals surface area contributed by atoms with Gasteiger partial charge >= 0.3 is 0 Å². The lowest BCUT2D eigenvalue weighted by Gasteiger charge is -2.35. The zero-order chi connectivity index (χ0) is 19.1. The maximum Gasteiger partial charge on any atom is 0.224 e. The highest BCUT2D eigenvalue weighted by Gasteiger charge is 2.27. The summed E-state index contributed by atoms with van der Waals surface area (Å²) < 4.78 is 0. The van der Waals surface area contributed by atoms with Crippen LogP contribution in [-0.2, 0) is 6.54 Å². The first-order valence-electron chi connectivity index (χ1n) is 9.44. The summed E-state index contributed by atoms with van der Waals surface area (Å²) in [5, 5.41) is 0. The molecule has 0 radical (unpaired) electrons. The molecule has 0 spiro atoms. The van der Waals surface area contributed by atoms with Crippen molar-refractivity contribution in [2.45, 2.75) is 31.8 Å². The van der Waals surface area contributed by atoms with E-state index in [0.29, 0.717) is 17.7 Å². The molecule has 28 heavy (non-hydrogen) atoms. The molecule has 0 amide bonds. The van der Waals surface area contributed by atoms with Crippen LogP contribution < -0.4 is 11.5 Å². The quantitative estimate of drug-likeness (QED) is 0.836. The molecule has 7 nitrogen and oxygen atoms in total. The van der Waals surface area contributed by atoms with E-state index in [1.807, 2.05) is 0 Å². The van der Waals surface area contributed by atoms with E-state index in [2.05, 4.69) is 62.4 Å². The first-order valence-corrected chi connectivity index (χ1v) is 9.44. The van der Waals surface area contributed by atoms with E-state index in [1.165, 1.54) is 16.8 Å². The second-order valence-electron chi connectivity index (χ2n) is 7.16. The highest BCUT2D eigenvalue weighted by atomic mass is 15.2. The minimum atomic E-state index is 0.107. The molecule has 3 heterocycles. The number of anilines is 2. The molecule has 0 bridgehead atoms. The van der Waals surface area contributed by atoms with Gasteiger partial charge in [0.05, 0.1) is 24.5 Å².